The molecule has 100 valence electrons. The van der Waals surface area contributed by atoms with Crippen LogP contribution < -0.4 is 24.8 Å². The Morgan fingerprint density at radius 3 is 1.16 bits per heavy atom. The second kappa shape index (κ2) is 12.7. The Morgan fingerprint density at radius 1 is 0.684 bits per heavy atom. The van der Waals surface area contributed by atoms with Crippen LogP contribution in [0.25, 0.3) is 0 Å². The third-order valence-corrected chi connectivity index (χ3v) is 1.92. The van der Waals surface area contributed by atoms with Crippen molar-refractivity contribution in [2.24, 2.45) is 0 Å². The number of halogens is 4. The molecule has 0 bridgehead atoms. The zero-order chi connectivity index (χ0) is 12.0. The van der Waals surface area contributed by atoms with Crippen LogP contribution in [0, 0.1) is 12.8 Å². The Kier molecular flexibility index (Phi) is 15.9. The summed E-state index contributed by atoms with van der Waals surface area (Å²) in [5.41, 5.74) is 0.903. The molecular weight excluding hydrogens is 396 g/mol. The number of hydrogen-bond acceptors (Lipinski definition) is 0. The minimum absolute atomic E-state index is 0. The number of rotatable bonds is 0. The number of hydrogen-bond donors (Lipinski definition) is 0. The molecule has 0 aromatic heterocycles. The first-order chi connectivity index (χ1) is 7.61. The maximum Gasteiger partial charge on any atom is 2.00 e. The first kappa shape index (κ1) is 23.7. The smallest absolute Gasteiger partial charge is 1.00 e. The second-order valence-corrected chi connectivity index (χ2v) is 3.18. The van der Waals surface area contributed by atoms with E-state index in [0.717, 1.165) is 0 Å². The summed E-state index contributed by atoms with van der Waals surface area (Å²) in [4.78, 5) is 0. The molecule has 0 amide bonds. The molecule has 2 rings (SSSR count). The first-order valence-electron chi connectivity index (χ1n) is 4.74. The molecule has 0 N–H and O–H groups in total. The maximum absolute atomic E-state index is 12.3. The van der Waals surface area contributed by atoms with Gasteiger partial charge in [-0.25, -0.2) is 8.78 Å². The van der Waals surface area contributed by atoms with Gasteiger partial charge < -0.3 is 24.8 Å². The van der Waals surface area contributed by atoms with Crippen LogP contribution in [0.1, 0.15) is 0 Å². The summed E-state index contributed by atoms with van der Waals surface area (Å²) in [6.07, 6.45) is 12.8. The average Bonchev–Trinajstić information content (AvgIpc) is 2.28. The van der Waals surface area contributed by atoms with E-state index < -0.39 is 0 Å². The van der Waals surface area contributed by atoms with Gasteiger partial charge in [-0.3, -0.25) is 0 Å². The standard InChI is InChI=1S/2C7H6F.2ClH.Sn/c2*1-6-4-2-3-5-7(6)8;;;/h2*2-5H,1H2;2*1H;/q;;;;+2/p-2. The molecule has 2 aliphatic carbocycles. The summed E-state index contributed by atoms with van der Waals surface area (Å²) in [6, 6.07) is 0. The fraction of sp³-hybridized carbons (Fsp3) is 0. The van der Waals surface area contributed by atoms with Crippen molar-refractivity contribution in [3.8, 4) is 0 Å². The largest absolute Gasteiger partial charge is 2.00 e. The molecule has 0 aromatic carbocycles. The average molecular weight is 408 g/mol. The van der Waals surface area contributed by atoms with Gasteiger partial charge in [0.1, 0.15) is 11.7 Å². The monoisotopic (exact) mass is 408 g/mol. The van der Waals surface area contributed by atoms with Crippen LogP contribution in [0.5, 0.6) is 0 Å². The molecule has 0 fully saturated rings. The van der Waals surface area contributed by atoms with Gasteiger partial charge in [0, 0.05) is 12.8 Å². The Bertz CT molecular complexity index is 381. The van der Waals surface area contributed by atoms with Gasteiger partial charge in [-0.15, -0.1) is 0 Å². The minimum Gasteiger partial charge on any atom is -1.00 e. The predicted molar refractivity (Wildman–Crippen MR) is 69.3 cm³/mol. The van der Waals surface area contributed by atoms with E-state index in [0.29, 0.717) is 11.1 Å². The molecule has 0 aromatic rings. The van der Waals surface area contributed by atoms with E-state index in [1.807, 2.05) is 0 Å². The van der Waals surface area contributed by atoms with Crippen LogP contribution >= 0.6 is 0 Å². The molecule has 2 aliphatic rings. The Labute approximate surface area is 142 Å². The Morgan fingerprint density at radius 2 is 1.00 bits per heavy atom. The van der Waals surface area contributed by atoms with Crippen molar-refractivity contribution in [1.82, 2.24) is 0 Å². The van der Waals surface area contributed by atoms with E-state index in [2.05, 4.69) is 13.2 Å². The Balaban J connectivity index is -0.000000233. The van der Waals surface area contributed by atoms with Gasteiger partial charge in [0.2, 0.25) is 0 Å². The topological polar surface area (TPSA) is 0 Å². The van der Waals surface area contributed by atoms with Crippen molar-refractivity contribution in [3.63, 3.8) is 0 Å². The van der Waals surface area contributed by atoms with Crippen LogP contribution in [0.3, 0.4) is 0 Å². The molecule has 0 nitrogen and oxygen atoms in total. The van der Waals surface area contributed by atoms with Crippen molar-refractivity contribution in [3.05, 3.63) is 85.3 Å². The minimum atomic E-state index is -0.243. The van der Waals surface area contributed by atoms with Gasteiger partial charge in [-0.1, -0.05) is 37.5 Å². The maximum atomic E-state index is 12.3. The SMILES string of the molecule is C=C1[CH]C=CC=C1F.C=C1[CH]C=CC=C1F.[Cl-].[Cl-].[Sn+2]. The van der Waals surface area contributed by atoms with Gasteiger partial charge in [-0.2, -0.15) is 0 Å². The van der Waals surface area contributed by atoms with Crippen molar-refractivity contribution >= 4 is 23.9 Å². The van der Waals surface area contributed by atoms with E-state index in [4.69, 9.17) is 0 Å². The summed E-state index contributed by atoms with van der Waals surface area (Å²) < 4.78 is 24.5. The second-order valence-electron chi connectivity index (χ2n) is 3.18. The van der Waals surface area contributed by atoms with Gasteiger partial charge in [-0.05, 0) is 23.3 Å². The normalized spacial score (nSPS) is 15.7. The summed E-state index contributed by atoms with van der Waals surface area (Å²) in [6.45, 7) is 6.89. The van der Waals surface area contributed by atoms with Gasteiger partial charge in [0.05, 0.1) is 0 Å². The third-order valence-electron chi connectivity index (χ3n) is 1.92. The molecule has 0 spiro atoms. The van der Waals surface area contributed by atoms with Crippen LogP contribution in [0.4, 0.5) is 8.78 Å². The fourth-order valence-electron chi connectivity index (χ4n) is 0.997. The molecule has 0 aliphatic heterocycles. The number of allylic oxidation sites excluding steroid dienone is 10. The molecule has 4 radical (unpaired) electrons. The fourth-order valence-corrected chi connectivity index (χ4v) is 0.997. The van der Waals surface area contributed by atoms with E-state index in [9.17, 15) is 8.78 Å². The zero-order valence-corrected chi connectivity index (χ0v) is 14.4. The van der Waals surface area contributed by atoms with Crippen LogP contribution in [-0.4, -0.2) is 23.9 Å². The predicted octanol–water partition coefficient (Wildman–Crippen LogP) is -2.03. The summed E-state index contributed by atoms with van der Waals surface area (Å²) in [7, 11) is 0. The zero-order valence-electron chi connectivity index (χ0n) is 10.0. The molecule has 5 heteroatoms. The molecule has 0 atom stereocenters. The van der Waals surface area contributed by atoms with Crippen molar-refractivity contribution < 1.29 is 33.6 Å². The van der Waals surface area contributed by atoms with Crippen LogP contribution in [0.2, 0.25) is 0 Å². The summed E-state index contributed by atoms with van der Waals surface area (Å²) >= 11 is 0. The van der Waals surface area contributed by atoms with E-state index >= 15 is 0 Å². The molecule has 19 heavy (non-hydrogen) atoms. The van der Waals surface area contributed by atoms with Gasteiger partial charge >= 0.3 is 23.9 Å². The van der Waals surface area contributed by atoms with E-state index in [1.54, 1.807) is 37.1 Å². The van der Waals surface area contributed by atoms with Gasteiger partial charge in [0.25, 0.3) is 0 Å². The van der Waals surface area contributed by atoms with Crippen molar-refractivity contribution in [2.75, 3.05) is 0 Å². The van der Waals surface area contributed by atoms with Crippen molar-refractivity contribution in [2.45, 2.75) is 0 Å². The Hall–Kier alpha value is -0.321. The van der Waals surface area contributed by atoms with Crippen molar-refractivity contribution in [1.29, 1.82) is 0 Å². The van der Waals surface area contributed by atoms with Crippen LogP contribution in [-0.2, 0) is 0 Å². The molecule has 0 heterocycles. The van der Waals surface area contributed by atoms with Crippen LogP contribution in [0.15, 0.2) is 72.4 Å². The van der Waals surface area contributed by atoms with Gasteiger partial charge in [0.15, 0.2) is 0 Å². The third kappa shape index (κ3) is 9.25. The summed E-state index contributed by atoms with van der Waals surface area (Å²) in [5, 5.41) is 0. The molecular formula is C14H12Cl2F2Sn. The molecule has 0 saturated carbocycles. The first-order valence-corrected chi connectivity index (χ1v) is 4.74. The summed E-state index contributed by atoms with van der Waals surface area (Å²) in [5.74, 6) is -0.486. The quantitative estimate of drug-likeness (QED) is 0.406. The van der Waals surface area contributed by atoms with E-state index in [-0.39, 0.29) is 60.4 Å². The molecule has 0 unspecified atom stereocenters. The van der Waals surface area contributed by atoms with E-state index in [1.165, 1.54) is 12.2 Å². The molecule has 0 saturated heterocycles.